The van der Waals surface area contributed by atoms with E-state index in [2.05, 4.69) is 4.98 Å². The number of benzene rings is 1. The molecule has 0 atom stereocenters. The van der Waals surface area contributed by atoms with Crippen molar-refractivity contribution < 1.29 is 14.3 Å². The van der Waals surface area contributed by atoms with Gasteiger partial charge in [0.1, 0.15) is 23.8 Å². The first kappa shape index (κ1) is 16.5. The second-order valence-corrected chi connectivity index (χ2v) is 5.54. The highest BCUT2D eigenvalue weighted by atomic mass is 16.5. The van der Waals surface area contributed by atoms with Gasteiger partial charge in [0.2, 0.25) is 0 Å². The molecule has 0 saturated heterocycles. The van der Waals surface area contributed by atoms with E-state index < -0.39 is 5.91 Å². The summed E-state index contributed by atoms with van der Waals surface area (Å²) < 4.78 is 12.2. The third-order valence-electron chi connectivity index (χ3n) is 3.69. The zero-order valence-corrected chi connectivity index (χ0v) is 13.9. The maximum Gasteiger partial charge on any atom is 0.258 e. The average molecular weight is 339 g/mol. The number of fused-ring (bicyclic) bond motifs is 1. The van der Waals surface area contributed by atoms with E-state index in [-0.39, 0.29) is 17.7 Å². The van der Waals surface area contributed by atoms with E-state index in [0.717, 1.165) is 5.56 Å². The highest BCUT2D eigenvalue weighted by Gasteiger charge is 2.12. The van der Waals surface area contributed by atoms with Gasteiger partial charge in [-0.1, -0.05) is 6.07 Å². The second kappa shape index (κ2) is 6.64. The first-order valence-corrected chi connectivity index (χ1v) is 7.57. The second-order valence-electron chi connectivity index (χ2n) is 5.54. The molecule has 25 heavy (non-hydrogen) atoms. The van der Waals surface area contributed by atoms with Gasteiger partial charge in [0, 0.05) is 12.3 Å². The molecule has 0 saturated carbocycles. The third-order valence-corrected chi connectivity index (χ3v) is 3.69. The van der Waals surface area contributed by atoms with Crippen molar-refractivity contribution in [2.45, 2.75) is 13.5 Å². The minimum atomic E-state index is -0.629. The molecule has 0 unspecified atom stereocenters. The number of primary amides is 1. The number of aromatic nitrogens is 2. The molecule has 0 bridgehead atoms. The van der Waals surface area contributed by atoms with Crippen molar-refractivity contribution in [1.82, 2.24) is 9.38 Å². The van der Waals surface area contributed by atoms with Crippen molar-refractivity contribution in [3.63, 3.8) is 0 Å². The highest BCUT2D eigenvalue weighted by molar-refractivity contribution is 5.96. The summed E-state index contributed by atoms with van der Waals surface area (Å²) in [6.07, 6.45) is 1.73. The van der Waals surface area contributed by atoms with Gasteiger partial charge in [0.25, 0.3) is 11.5 Å². The van der Waals surface area contributed by atoms with Crippen LogP contribution in [-0.2, 0) is 6.61 Å². The molecule has 0 radical (unpaired) electrons. The minimum absolute atomic E-state index is 0.0340. The van der Waals surface area contributed by atoms with Crippen LogP contribution in [0.15, 0.2) is 47.4 Å². The van der Waals surface area contributed by atoms with E-state index in [1.165, 1.54) is 23.6 Å². The predicted octanol–water partition coefficient (Wildman–Crippen LogP) is 1.69. The molecular weight excluding hydrogens is 322 g/mol. The lowest BCUT2D eigenvalue weighted by molar-refractivity contribution is 0.0995. The summed E-state index contributed by atoms with van der Waals surface area (Å²) in [6, 6.07) is 9.80. The molecule has 0 aliphatic carbocycles. The van der Waals surface area contributed by atoms with E-state index >= 15 is 0 Å². The molecule has 2 heterocycles. The van der Waals surface area contributed by atoms with Gasteiger partial charge < -0.3 is 15.2 Å². The van der Waals surface area contributed by atoms with Crippen LogP contribution in [0.4, 0.5) is 0 Å². The molecule has 1 aromatic carbocycles. The third kappa shape index (κ3) is 3.45. The molecule has 0 aliphatic heterocycles. The van der Waals surface area contributed by atoms with Crippen LogP contribution in [0, 0.1) is 6.92 Å². The zero-order valence-electron chi connectivity index (χ0n) is 13.9. The average Bonchev–Trinajstić information content (AvgIpc) is 2.60. The molecule has 0 spiro atoms. The van der Waals surface area contributed by atoms with Gasteiger partial charge in [-0.2, -0.15) is 0 Å². The van der Waals surface area contributed by atoms with Gasteiger partial charge in [-0.05, 0) is 36.8 Å². The number of rotatable bonds is 5. The molecule has 3 rings (SSSR count). The van der Waals surface area contributed by atoms with E-state index in [0.29, 0.717) is 22.8 Å². The Kier molecular flexibility index (Phi) is 4.38. The Hall–Kier alpha value is -3.35. The van der Waals surface area contributed by atoms with Crippen molar-refractivity contribution in [2.24, 2.45) is 5.73 Å². The largest absolute Gasteiger partial charge is 0.497 e. The molecule has 0 aliphatic rings. The van der Waals surface area contributed by atoms with Gasteiger partial charge in [0.05, 0.1) is 18.4 Å². The van der Waals surface area contributed by atoms with Crippen LogP contribution in [-0.4, -0.2) is 22.4 Å². The molecular formula is C18H17N3O4. The lowest BCUT2D eigenvalue weighted by Gasteiger charge is -2.11. The number of pyridine rings is 1. The summed E-state index contributed by atoms with van der Waals surface area (Å²) in [5.41, 5.74) is 7.33. The van der Waals surface area contributed by atoms with Crippen LogP contribution in [0.2, 0.25) is 0 Å². The first-order chi connectivity index (χ1) is 12.0. The predicted molar refractivity (Wildman–Crippen MR) is 92.0 cm³/mol. The van der Waals surface area contributed by atoms with Gasteiger partial charge in [-0.15, -0.1) is 0 Å². The smallest absolute Gasteiger partial charge is 0.258 e. The molecule has 2 N–H and O–H groups in total. The Morgan fingerprint density at radius 2 is 2.04 bits per heavy atom. The van der Waals surface area contributed by atoms with Crippen molar-refractivity contribution in [2.75, 3.05) is 7.11 Å². The number of hydrogen-bond donors (Lipinski definition) is 1. The topological polar surface area (TPSA) is 95.9 Å². The molecule has 7 heteroatoms. The standard InChI is InChI=1S/C18H17N3O4/c1-11-3-6-16-20-12(7-17(22)21(16)9-11)10-25-15-5-4-13(24-2)8-14(15)18(19)23/h3-9H,10H2,1-2H3,(H2,19,23). The molecule has 1 amide bonds. The van der Waals surface area contributed by atoms with Crippen LogP contribution < -0.4 is 20.8 Å². The van der Waals surface area contributed by atoms with Crippen molar-refractivity contribution in [3.05, 3.63) is 69.8 Å². The zero-order chi connectivity index (χ0) is 18.0. The van der Waals surface area contributed by atoms with E-state index in [1.54, 1.807) is 24.4 Å². The summed E-state index contributed by atoms with van der Waals surface area (Å²) in [6.45, 7) is 1.93. The normalized spacial score (nSPS) is 10.6. The maximum absolute atomic E-state index is 12.2. The summed E-state index contributed by atoms with van der Waals surface area (Å²) in [7, 11) is 1.49. The van der Waals surface area contributed by atoms with Crippen LogP contribution in [0.25, 0.3) is 5.65 Å². The number of carbonyl (C=O) groups is 1. The maximum atomic E-state index is 12.2. The fourth-order valence-electron chi connectivity index (χ4n) is 2.44. The number of aryl methyl sites for hydroxylation is 1. The lowest BCUT2D eigenvalue weighted by Crippen LogP contribution is -2.17. The lowest BCUT2D eigenvalue weighted by atomic mass is 10.2. The van der Waals surface area contributed by atoms with Gasteiger partial charge >= 0.3 is 0 Å². The van der Waals surface area contributed by atoms with Gasteiger partial charge in [-0.3, -0.25) is 14.0 Å². The number of amides is 1. The summed E-state index contributed by atoms with van der Waals surface area (Å²) in [4.78, 5) is 28.2. The van der Waals surface area contributed by atoms with E-state index in [9.17, 15) is 9.59 Å². The fraction of sp³-hybridized carbons (Fsp3) is 0.167. The number of ether oxygens (including phenoxy) is 2. The number of nitrogens with zero attached hydrogens (tertiary/aromatic N) is 2. The summed E-state index contributed by atoms with van der Waals surface area (Å²) in [5.74, 6) is 0.175. The minimum Gasteiger partial charge on any atom is -0.497 e. The Balaban J connectivity index is 1.89. The SMILES string of the molecule is COc1ccc(OCc2cc(=O)n3cc(C)ccc3n2)c(C(N)=O)c1. The van der Waals surface area contributed by atoms with Crippen LogP contribution in [0.3, 0.4) is 0 Å². The Labute approximate surface area is 143 Å². The Bertz CT molecular complexity index is 1010. The van der Waals surface area contributed by atoms with Crippen LogP contribution in [0.5, 0.6) is 11.5 Å². The van der Waals surface area contributed by atoms with Gasteiger partial charge in [0.15, 0.2) is 0 Å². The van der Waals surface area contributed by atoms with Crippen molar-refractivity contribution >= 4 is 11.6 Å². The molecule has 2 aromatic heterocycles. The van der Waals surface area contributed by atoms with Gasteiger partial charge in [-0.25, -0.2) is 4.98 Å². The van der Waals surface area contributed by atoms with E-state index in [1.807, 2.05) is 13.0 Å². The van der Waals surface area contributed by atoms with Crippen LogP contribution in [0.1, 0.15) is 21.6 Å². The number of carbonyl (C=O) groups excluding carboxylic acids is 1. The van der Waals surface area contributed by atoms with Crippen molar-refractivity contribution in [1.29, 1.82) is 0 Å². The Morgan fingerprint density at radius 1 is 1.24 bits per heavy atom. The quantitative estimate of drug-likeness (QED) is 0.763. The number of methoxy groups -OCH3 is 1. The summed E-state index contributed by atoms with van der Waals surface area (Å²) >= 11 is 0. The fourth-order valence-corrected chi connectivity index (χ4v) is 2.44. The van der Waals surface area contributed by atoms with Crippen LogP contribution >= 0.6 is 0 Å². The Morgan fingerprint density at radius 3 is 2.76 bits per heavy atom. The van der Waals surface area contributed by atoms with E-state index in [4.69, 9.17) is 15.2 Å². The van der Waals surface area contributed by atoms with Crippen molar-refractivity contribution in [3.8, 4) is 11.5 Å². The highest BCUT2D eigenvalue weighted by Crippen LogP contribution is 2.24. The molecule has 128 valence electrons. The summed E-state index contributed by atoms with van der Waals surface area (Å²) in [5, 5.41) is 0. The molecule has 3 aromatic rings. The monoisotopic (exact) mass is 339 g/mol. The molecule has 0 fully saturated rings. The number of hydrogen-bond acceptors (Lipinski definition) is 5. The molecule has 7 nitrogen and oxygen atoms in total. The first-order valence-electron chi connectivity index (χ1n) is 7.57. The number of nitrogens with two attached hydrogens (primary N) is 1.